The van der Waals surface area contributed by atoms with Crippen molar-refractivity contribution in [3.05, 3.63) is 35.1 Å². The molecule has 0 amide bonds. The number of hydrogen-bond donors (Lipinski definition) is 1. The molecule has 20 heavy (non-hydrogen) atoms. The van der Waals surface area contributed by atoms with E-state index in [1.807, 2.05) is 14.0 Å². The first kappa shape index (κ1) is 15.4. The van der Waals surface area contributed by atoms with Gasteiger partial charge in [-0.05, 0) is 62.4 Å². The van der Waals surface area contributed by atoms with Crippen molar-refractivity contribution in [3.63, 3.8) is 0 Å². The van der Waals surface area contributed by atoms with Gasteiger partial charge in [0.15, 0.2) is 0 Å². The van der Waals surface area contributed by atoms with E-state index in [1.54, 1.807) is 6.07 Å². The third-order valence-electron chi connectivity index (χ3n) is 4.45. The Morgan fingerprint density at radius 3 is 2.50 bits per heavy atom. The van der Waals surface area contributed by atoms with E-state index in [1.165, 1.54) is 12.1 Å². The number of halogens is 3. The Balaban J connectivity index is 2.02. The van der Waals surface area contributed by atoms with Crippen LogP contribution in [0, 0.1) is 18.7 Å². The van der Waals surface area contributed by atoms with E-state index in [-0.39, 0.29) is 30.6 Å². The molecule has 0 saturated heterocycles. The molecular weight excluding hydrogens is 263 g/mol. The summed E-state index contributed by atoms with van der Waals surface area (Å²) in [5, 5.41) is 3.25. The van der Waals surface area contributed by atoms with Crippen LogP contribution in [-0.2, 0) is 6.42 Å². The zero-order valence-corrected chi connectivity index (χ0v) is 12.1. The van der Waals surface area contributed by atoms with Crippen LogP contribution in [0.3, 0.4) is 0 Å². The maximum absolute atomic E-state index is 13.2. The molecule has 1 N–H and O–H groups in total. The average Bonchev–Trinajstić information content (AvgIpc) is 2.39. The lowest BCUT2D eigenvalue weighted by Gasteiger charge is -2.34. The van der Waals surface area contributed by atoms with Gasteiger partial charge in [-0.15, -0.1) is 0 Å². The first-order chi connectivity index (χ1) is 9.41. The number of hydrogen-bond acceptors (Lipinski definition) is 1. The summed E-state index contributed by atoms with van der Waals surface area (Å²) in [5.41, 5.74) is 2.01. The molecule has 1 unspecified atom stereocenters. The lowest BCUT2D eigenvalue weighted by Crippen LogP contribution is -2.39. The van der Waals surface area contributed by atoms with Crippen LogP contribution in [0.15, 0.2) is 18.2 Å². The topological polar surface area (TPSA) is 12.0 Å². The van der Waals surface area contributed by atoms with E-state index < -0.39 is 5.92 Å². The molecule has 1 nitrogen and oxygen atoms in total. The van der Waals surface area contributed by atoms with Crippen LogP contribution in [0.4, 0.5) is 13.2 Å². The zero-order chi connectivity index (χ0) is 14.8. The summed E-state index contributed by atoms with van der Waals surface area (Å²) >= 11 is 0. The van der Waals surface area contributed by atoms with E-state index in [4.69, 9.17) is 0 Å². The molecule has 2 rings (SSSR count). The fraction of sp³-hybridized carbons (Fsp3) is 0.625. The van der Waals surface area contributed by atoms with Crippen molar-refractivity contribution >= 4 is 0 Å². The van der Waals surface area contributed by atoms with Crippen LogP contribution in [0.25, 0.3) is 0 Å². The van der Waals surface area contributed by atoms with Crippen LogP contribution >= 0.6 is 0 Å². The molecule has 1 fully saturated rings. The van der Waals surface area contributed by atoms with E-state index in [0.29, 0.717) is 12.8 Å². The van der Waals surface area contributed by atoms with E-state index >= 15 is 0 Å². The van der Waals surface area contributed by atoms with Crippen molar-refractivity contribution in [1.82, 2.24) is 5.32 Å². The number of rotatable bonds is 4. The van der Waals surface area contributed by atoms with E-state index in [2.05, 4.69) is 5.32 Å². The summed E-state index contributed by atoms with van der Waals surface area (Å²) in [5.74, 6) is -2.45. The minimum absolute atomic E-state index is 0.0156. The van der Waals surface area contributed by atoms with Gasteiger partial charge in [0.25, 0.3) is 0 Å². The van der Waals surface area contributed by atoms with Gasteiger partial charge in [-0.3, -0.25) is 0 Å². The summed E-state index contributed by atoms with van der Waals surface area (Å²) in [6.07, 6.45) is 1.84. The Hall–Kier alpha value is -1.03. The second-order valence-corrected chi connectivity index (χ2v) is 5.86. The number of benzene rings is 1. The Morgan fingerprint density at radius 1 is 1.30 bits per heavy atom. The molecule has 1 aliphatic carbocycles. The standard InChI is InChI=1S/C16H22F3N/c1-11-9-14(17)4-3-13(11)10-15(20-2)12-5-7-16(18,19)8-6-12/h3-4,9,12,15,20H,5-8,10H2,1-2H3. The van der Waals surface area contributed by atoms with E-state index in [9.17, 15) is 13.2 Å². The number of likely N-dealkylation sites (N-methyl/N-ethyl adjacent to an activating group) is 1. The molecule has 1 atom stereocenters. The first-order valence-corrected chi connectivity index (χ1v) is 7.21. The second-order valence-electron chi connectivity index (χ2n) is 5.86. The molecule has 0 spiro atoms. The fourth-order valence-electron chi connectivity index (χ4n) is 3.09. The molecule has 0 bridgehead atoms. The fourth-order valence-corrected chi connectivity index (χ4v) is 3.09. The van der Waals surface area contributed by atoms with Gasteiger partial charge >= 0.3 is 0 Å². The van der Waals surface area contributed by atoms with Crippen molar-refractivity contribution in [2.45, 2.75) is 51.0 Å². The largest absolute Gasteiger partial charge is 0.316 e. The Labute approximate surface area is 118 Å². The predicted molar refractivity (Wildman–Crippen MR) is 74.6 cm³/mol. The lowest BCUT2D eigenvalue weighted by atomic mass is 9.79. The van der Waals surface area contributed by atoms with Gasteiger partial charge in [0.2, 0.25) is 5.92 Å². The molecule has 1 saturated carbocycles. The summed E-state index contributed by atoms with van der Waals surface area (Å²) in [7, 11) is 1.87. The highest BCUT2D eigenvalue weighted by Crippen LogP contribution is 2.38. The lowest BCUT2D eigenvalue weighted by molar-refractivity contribution is -0.0492. The maximum atomic E-state index is 13.2. The van der Waals surface area contributed by atoms with Crippen LogP contribution in [0.5, 0.6) is 0 Å². The van der Waals surface area contributed by atoms with Gasteiger partial charge in [-0.2, -0.15) is 0 Å². The van der Waals surface area contributed by atoms with Crippen LogP contribution in [0.1, 0.15) is 36.8 Å². The molecule has 112 valence electrons. The molecule has 1 aromatic rings. The summed E-state index contributed by atoms with van der Waals surface area (Å²) in [6.45, 7) is 1.89. The van der Waals surface area contributed by atoms with Gasteiger partial charge in [-0.25, -0.2) is 13.2 Å². The quantitative estimate of drug-likeness (QED) is 0.878. The van der Waals surface area contributed by atoms with Crippen molar-refractivity contribution < 1.29 is 13.2 Å². The molecule has 1 aliphatic rings. The summed E-state index contributed by atoms with van der Waals surface area (Å²) in [6, 6.07) is 4.96. The van der Waals surface area contributed by atoms with Crippen LogP contribution in [-0.4, -0.2) is 19.0 Å². The van der Waals surface area contributed by atoms with Gasteiger partial charge in [0.1, 0.15) is 5.82 Å². The van der Waals surface area contributed by atoms with Crippen molar-refractivity contribution in [2.75, 3.05) is 7.05 Å². The Bertz CT molecular complexity index is 449. The molecule has 0 heterocycles. The third-order valence-corrected chi connectivity index (χ3v) is 4.45. The minimum Gasteiger partial charge on any atom is -0.316 e. The molecule has 1 aromatic carbocycles. The maximum Gasteiger partial charge on any atom is 0.248 e. The highest BCUT2D eigenvalue weighted by Gasteiger charge is 2.37. The van der Waals surface area contributed by atoms with Crippen LogP contribution < -0.4 is 5.32 Å². The highest BCUT2D eigenvalue weighted by atomic mass is 19.3. The predicted octanol–water partition coefficient (Wildman–Crippen LogP) is 4.09. The first-order valence-electron chi connectivity index (χ1n) is 7.21. The van der Waals surface area contributed by atoms with Crippen molar-refractivity contribution in [2.24, 2.45) is 5.92 Å². The van der Waals surface area contributed by atoms with Crippen LogP contribution in [0.2, 0.25) is 0 Å². The highest BCUT2D eigenvalue weighted by molar-refractivity contribution is 5.27. The smallest absolute Gasteiger partial charge is 0.248 e. The molecule has 0 radical (unpaired) electrons. The summed E-state index contributed by atoms with van der Waals surface area (Å²) < 4.78 is 39.5. The van der Waals surface area contributed by atoms with Crippen molar-refractivity contribution in [1.29, 1.82) is 0 Å². The van der Waals surface area contributed by atoms with Crippen molar-refractivity contribution in [3.8, 4) is 0 Å². The van der Waals surface area contributed by atoms with Gasteiger partial charge < -0.3 is 5.32 Å². The van der Waals surface area contributed by atoms with E-state index in [0.717, 1.165) is 17.5 Å². The van der Waals surface area contributed by atoms with Gasteiger partial charge in [0.05, 0.1) is 0 Å². The minimum atomic E-state index is -2.49. The zero-order valence-electron chi connectivity index (χ0n) is 12.1. The SMILES string of the molecule is CNC(Cc1ccc(F)cc1C)C1CCC(F)(F)CC1. The molecular formula is C16H22F3N. The normalized spacial score (nSPS) is 20.9. The third kappa shape index (κ3) is 3.75. The Kier molecular flexibility index (Phi) is 4.74. The molecule has 4 heteroatoms. The van der Waals surface area contributed by atoms with Gasteiger partial charge in [-0.1, -0.05) is 6.07 Å². The van der Waals surface area contributed by atoms with Gasteiger partial charge in [0, 0.05) is 18.9 Å². The number of nitrogens with one attached hydrogen (secondary N) is 1. The number of alkyl halides is 2. The summed E-state index contributed by atoms with van der Waals surface area (Å²) in [4.78, 5) is 0. The monoisotopic (exact) mass is 285 g/mol. The number of aryl methyl sites for hydroxylation is 1. The molecule has 0 aliphatic heterocycles. The average molecular weight is 285 g/mol. The Morgan fingerprint density at radius 2 is 1.95 bits per heavy atom. The molecule has 0 aromatic heterocycles. The second kappa shape index (κ2) is 6.17.